The average Bonchev–Trinajstić information content (AvgIpc) is 2.77. The molecule has 2 aromatic rings. The van der Waals surface area contributed by atoms with E-state index in [1.54, 1.807) is 39.0 Å². The second-order valence-corrected chi connectivity index (χ2v) is 8.18. The minimum atomic E-state index is -2.68. The Morgan fingerprint density at radius 1 is 1.12 bits per heavy atom. The van der Waals surface area contributed by atoms with Gasteiger partial charge >= 0.3 is 0 Å². The van der Waals surface area contributed by atoms with Gasteiger partial charge < -0.3 is 15.4 Å². The van der Waals surface area contributed by atoms with Gasteiger partial charge in [-0.1, -0.05) is 52.3 Å². The maximum atomic E-state index is 12.7. The van der Waals surface area contributed by atoms with E-state index in [1.165, 1.54) is 18.2 Å². The van der Waals surface area contributed by atoms with Crippen molar-refractivity contribution < 1.29 is 27.9 Å². The van der Waals surface area contributed by atoms with Crippen LogP contribution in [0.1, 0.15) is 60.9 Å². The number of amides is 2. The largest absolute Gasteiger partial charge is 0.487 e. The number of hydrogen-bond acceptors (Lipinski definition) is 4. The number of halogens is 3. The van der Waals surface area contributed by atoms with Crippen LogP contribution in [0.4, 0.5) is 14.5 Å². The molecule has 0 bridgehead atoms. The Balaban J connectivity index is 0.00000265. The van der Waals surface area contributed by atoms with Crippen LogP contribution in [0.5, 0.6) is 5.75 Å². The van der Waals surface area contributed by atoms with Crippen LogP contribution in [0.15, 0.2) is 36.4 Å². The molecule has 180 valence electrons. The highest BCUT2D eigenvalue weighted by Crippen LogP contribution is 2.24. The van der Waals surface area contributed by atoms with E-state index in [4.69, 9.17) is 16.3 Å². The van der Waals surface area contributed by atoms with Crippen molar-refractivity contribution in [2.75, 3.05) is 11.9 Å². The summed E-state index contributed by atoms with van der Waals surface area (Å²) >= 11 is 6.15. The number of benzene rings is 2. The van der Waals surface area contributed by atoms with Gasteiger partial charge in [-0.2, -0.15) is 0 Å². The molecule has 9 heteroatoms. The van der Waals surface area contributed by atoms with Crippen LogP contribution < -0.4 is 15.4 Å². The molecule has 2 amide bonds. The topological polar surface area (TPSA) is 84.5 Å². The zero-order valence-electron chi connectivity index (χ0n) is 19.3. The molecular formula is C24H29ClF2N2O4. The summed E-state index contributed by atoms with van der Waals surface area (Å²) < 4.78 is 29.5. The molecule has 0 aliphatic carbocycles. The molecule has 2 rings (SSSR count). The van der Waals surface area contributed by atoms with E-state index in [0.717, 1.165) is 0 Å². The van der Waals surface area contributed by atoms with Crippen LogP contribution in [0.25, 0.3) is 0 Å². The van der Waals surface area contributed by atoms with Gasteiger partial charge in [0.1, 0.15) is 12.4 Å². The molecule has 0 atom stereocenters. The molecule has 0 aliphatic heterocycles. The lowest BCUT2D eigenvalue weighted by molar-refractivity contribution is -0.128. The molecule has 2 aromatic carbocycles. The summed E-state index contributed by atoms with van der Waals surface area (Å²) in [5.41, 5.74) is 0.585. The molecule has 6 nitrogen and oxygen atoms in total. The third-order valence-electron chi connectivity index (χ3n) is 4.17. The number of hydrogen-bond donors (Lipinski definition) is 2. The fourth-order valence-electron chi connectivity index (χ4n) is 2.50. The molecule has 33 heavy (non-hydrogen) atoms. The highest BCUT2D eigenvalue weighted by molar-refractivity contribution is 6.34. The van der Waals surface area contributed by atoms with Gasteiger partial charge in [0.15, 0.2) is 6.29 Å². The van der Waals surface area contributed by atoms with Crippen molar-refractivity contribution in [2.45, 2.75) is 47.6 Å². The fraction of sp³-hybridized carbons (Fsp3) is 0.375. The van der Waals surface area contributed by atoms with Gasteiger partial charge in [0.05, 0.1) is 16.1 Å². The molecule has 0 aliphatic rings. The predicted octanol–water partition coefficient (Wildman–Crippen LogP) is 5.74. The lowest BCUT2D eigenvalue weighted by atomic mass is 9.95. The number of nitrogens with one attached hydrogen (secondary N) is 2. The van der Waals surface area contributed by atoms with Crippen LogP contribution in [-0.2, 0) is 11.3 Å². The molecule has 0 saturated carbocycles. The first-order valence-electron chi connectivity index (χ1n) is 10.4. The summed E-state index contributed by atoms with van der Waals surface area (Å²) in [7, 11) is 0. The number of carbonyl (C=O) groups is 3. The summed E-state index contributed by atoms with van der Waals surface area (Å²) in [4.78, 5) is 36.0. The van der Waals surface area contributed by atoms with Gasteiger partial charge in [0.25, 0.3) is 12.3 Å². The van der Waals surface area contributed by atoms with Gasteiger partial charge in [-0.15, -0.1) is 0 Å². The van der Waals surface area contributed by atoms with E-state index < -0.39 is 24.4 Å². The number of ether oxygens (including phenoxy) is 1. The molecule has 0 aromatic heterocycles. The van der Waals surface area contributed by atoms with E-state index in [9.17, 15) is 23.2 Å². The van der Waals surface area contributed by atoms with Crippen molar-refractivity contribution in [2.24, 2.45) is 5.41 Å². The van der Waals surface area contributed by atoms with E-state index in [1.807, 2.05) is 13.8 Å². The minimum Gasteiger partial charge on any atom is -0.487 e. The Hall–Kier alpha value is -3.00. The van der Waals surface area contributed by atoms with Crippen molar-refractivity contribution in [1.29, 1.82) is 0 Å². The molecule has 0 spiro atoms. The normalized spacial score (nSPS) is 10.7. The summed E-state index contributed by atoms with van der Waals surface area (Å²) in [5, 5.41) is 5.61. The summed E-state index contributed by atoms with van der Waals surface area (Å²) in [6.07, 6.45) is -2.23. The second kappa shape index (κ2) is 12.9. The molecule has 0 fully saturated rings. The first-order valence-corrected chi connectivity index (χ1v) is 10.8. The van der Waals surface area contributed by atoms with Crippen molar-refractivity contribution in [1.82, 2.24) is 5.32 Å². The summed E-state index contributed by atoms with van der Waals surface area (Å²) in [6, 6.07) is 8.86. The maximum absolute atomic E-state index is 12.7. The van der Waals surface area contributed by atoms with E-state index in [2.05, 4.69) is 10.6 Å². The Morgan fingerprint density at radius 2 is 1.79 bits per heavy atom. The Kier molecular flexibility index (Phi) is 10.9. The molecule has 0 saturated heterocycles. The Bertz CT molecular complexity index is 975. The van der Waals surface area contributed by atoms with Crippen LogP contribution >= 0.6 is 11.6 Å². The van der Waals surface area contributed by atoms with Gasteiger partial charge in [0, 0.05) is 17.6 Å². The Labute approximate surface area is 197 Å². The number of alkyl halides is 2. The van der Waals surface area contributed by atoms with Gasteiger partial charge in [-0.25, -0.2) is 8.78 Å². The van der Waals surface area contributed by atoms with Crippen molar-refractivity contribution >= 4 is 35.4 Å². The van der Waals surface area contributed by atoms with Crippen molar-refractivity contribution in [3.63, 3.8) is 0 Å². The third kappa shape index (κ3) is 8.81. The quantitative estimate of drug-likeness (QED) is 0.470. The third-order valence-corrected chi connectivity index (χ3v) is 4.50. The van der Waals surface area contributed by atoms with Crippen molar-refractivity contribution in [3.05, 3.63) is 58.1 Å². The first-order chi connectivity index (χ1) is 15.5. The standard InChI is InChI=1S/C22H23ClF2N2O4.C2H6/c1-22(2,3)21(30)26-10-13-4-6-17(23)16(8-13)20(29)27-15-5-7-18(14(9-15)11-28)31-12-19(24)25;1-2/h4-9,11,19H,10,12H2,1-3H3,(H,26,30)(H,27,29);1-2H3. The van der Waals surface area contributed by atoms with Crippen LogP contribution in [0.3, 0.4) is 0 Å². The van der Waals surface area contributed by atoms with E-state index in [0.29, 0.717) is 11.8 Å². The van der Waals surface area contributed by atoms with Gasteiger partial charge in [-0.3, -0.25) is 14.4 Å². The van der Waals surface area contributed by atoms with Crippen LogP contribution in [0, 0.1) is 5.41 Å². The van der Waals surface area contributed by atoms with Gasteiger partial charge in [0.2, 0.25) is 5.91 Å². The van der Waals surface area contributed by atoms with Crippen molar-refractivity contribution in [3.8, 4) is 5.75 Å². The lowest BCUT2D eigenvalue weighted by Gasteiger charge is -2.18. The molecule has 0 heterocycles. The zero-order valence-corrected chi connectivity index (χ0v) is 20.1. The zero-order chi connectivity index (χ0) is 25.2. The summed E-state index contributed by atoms with van der Waals surface area (Å²) in [5.74, 6) is -0.681. The maximum Gasteiger partial charge on any atom is 0.272 e. The lowest BCUT2D eigenvalue weighted by Crippen LogP contribution is -2.34. The highest BCUT2D eigenvalue weighted by atomic mass is 35.5. The SMILES string of the molecule is CC.CC(C)(C)C(=O)NCc1ccc(Cl)c(C(=O)Nc2ccc(OCC(F)F)c(C=O)c2)c1. The average molecular weight is 483 g/mol. The number of carbonyl (C=O) groups excluding carboxylic acids is 3. The Morgan fingerprint density at radius 3 is 2.36 bits per heavy atom. The minimum absolute atomic E-state index is 0.0112. The summed E-state index contributed by atoms with van der Waals surface area (Å²) in [6.45, 7) is 8.75. The van der Waals surface area contributed by atoms with E-state index in [-0.39, 0.29) is 40.0 Å². The monoisotopic (exact) mass is 482 g/mol. The van der Waals surface area contributed by atoms with Crippen LogP contribution in [-0.4, -0.2) is 31.1 Å². The first kappa shape index (κ1) is 28.0. The predicted molar refractivity (Wildman–Crippen MR) is 125 cm³/mol. The van der Waals surface area contributed by atoms with Crippen LogP contribution in [0.2, 0.25) is 5.02 Å². The fourth-order valence-corrected chi connectivity index (χ4v) is 2.71. The second-order valence-electron chi connectivity index (χ2n) is 7.77. The highest BCUT2D eigenvalue weighted by Gasteiger charge is 2.21. The van der Waals surface area contributed by atoms with E-state index >= 15 is 0 Å². The molecule has 0 unspecified atom stereocenters. The molecule has 2 N–H and O–H groups in total. The number of aldehydes is 1. The number of rotatable bonds is 8. The van der Waals surface area contributed by atoms with Gasteiger partial charge in [-0.05, 0) is 35.9 Å². The molecular weight excluding hydrogens is 454 g/mol. The number of anilines is 1. The molecule has 0 radical (unpaired) electrons. The smallest absolute Gasteiger partial charge is 0.272 e.